The maximum atomic E-state index is 13.2. The summed E-state index contributed by atoms with van der Waals surface area (Å²) >= 11 is 0. The molecule has 2 heterocycles. The van der Waals surface area contributed by atoms with Gasteiger partial charge < -0.3 is 15.1 Å². The fourth-order valence-corrected chi connectivity index (χ4v) is 5.12. The van der Waals surface area contributed by atoms with Gasteiger partial charge in [-0.05, 0) is 60.8 Å². The molecule has 2 aliphatic rings. The molecular formula is C29H41FN4O. The molecule has 2 aromatic carbocycles. The highest BCUT2D eigenvalue weighted by molar-refractivity contribution is 5.95. The van der Waals surface area contributed by atoms with Gasteiger partial charge in [-0.1, -0.05) is 45.2 Å². The first-order valence-electron chi connectivity index (χ1n) is 13.4. The minimum Gasteiger partial charge on any atom is -0.369 e. The van der Waals surface area contributed by atoms with Crippen LogP contribution in [0, 0.1) is 11.7 Å². The van der Waals surface area contributed by atoms with Crippen molar-refractivity contribution in [2.24, 2.45) is 5.92 Å². The van der Waals surface area contributed by atoms with E-state index in [1.807, 2.05) is 30.9 Å². The Kier molecular flexibility index (Phi) is 9.16. The largest absolute Gasteiger partial charge is 0.369 e. The van der Waals surface area contributed by atoms with Crippen molar-refractivity contribution < 1.29 is 9.18 Å². The minimum absolute atomic E-state index is 0.0161. The number of amides is 1. The molecule has 2 aromatic rings. The summed E-state index contributed by atoms with van der Waals surface area (Å²) in [6, 6.07) is 13.5. The number of nitrogens with zero attached hydrogens (tertiary/aromatic N) is 3. The zero-order valence-electron chi connectivity index (χ0n) is 21.4. The molecule has 5 nitrogen and oxygen atoms in total. The Bertz CT molecular complexity index is 954. The van der Waals surface area contributed by atoms with Crippen LogP contribution in [0.1, 0.15) is 57.1 Å². The second-order valence-electron chi connectivity index (χ2n) is 10.3. The van der Waals surface area contributed by atoms with E-state index in [-0.39, 0.29) is 17.6 Å². The number of hydrogen-bond acceptors (Lipinski definition) is 4. The number of carbonyl (C=O) groups excluding carboxylic acids is 1. The number of piperazine rings is 1. The topological polar surface area (TPSA) is 38.8 Å². The van der Waals surface area contributed by atoms with Gasteiger partial charge in [-0.2, -0.15) is 0 Å². The van der Waals surface area contributed by atoms with Crippen molar-refractivity contribution in [1.82, 2.24) is 10.2 Å². The van der Waals surface area contributed by atoms with Crippen LogP contribution in [-0.4, -0.2) is 50.1 Å². The maximum absolute atomic E-state index is 13.2. The van der Waals surface area contributed by atoms with Crippen LogP contribution in [-0.2, 0) is 17.9 Å². The predicted molar refractivity (Wildman–Crippen MR) is 142 cm³/mol. The van der Waals surface area contributed by atoms with Gasteiger partial charge in [0.15, 0.2) is 0 Å². The summed E-state index contributed by atoms with van der Waals surface area (Å²) in [5, 5.41) is 3.63. The first-order valence-corrected chi connectivity index (χ1v) is 13.4. The van der Waals surface area contributed by atoms with Crippen LogP contribution in [0.4, 0.5) is 15.8 Å². The highest BCUT2D eigenvalue weighted by Gasteiger charge is 2.23. The van der Waals surface area contributed by atoms with Gasteiger partial charge in [-0.3, -0.25) is 9.69 Å². The number of fused-ring (bicyclic) bond motifs is 1. The Balaban J connectivity index is 1.47. The van der Waals surface area contributed by atoms with E-state index in [0.717, 1.165) is 70.0 Å². The van der Waals surface area contributed by atoms with Gasteiger partial charge in [-0.15, -0.1) is 0 Å². The van der Waals surface area contributed by atoms with Gasteiger partial charge in [-0.25, -0.2) is 4.39 Å². The predicted octanol–water partition coefficient (Wildman–Crippen LogP) is 5.19. The third kappa shape index (κ3) is 7.05. The van der Waals surface area contributed by atoms with Crippen molar-refractivity contribution >= 4 is 17.3 Å². The molecule has 0 aliphatic carbocycles. The zero-order chi connectivity index (χ0) is 24.6. The van der Waals surface area contributed by atoms with E-state index in [1.165, 1.54) is 36.9 Å². The number of benzene rings is 2. The standard InChI is InChI=1S/C29H41FN4O/c1-23(2)29(35)34-15-7-5-3-4-6-14-31-21-25-20-27(12-13-28(25)34)33-18-16-32(17-19-33)22-24-8-10-26(30)11-9-24/h8-13,20,23,31H,3-7,14-19,21-22H2,1-2H3. The lowest BCUT2D eigenvalue weighted by Gasteiger charge is -2.37. The minimum atomic E-state index is -0.182. The SMILES string of the molecule is CC(C)C(=O)N1CCCCCCCNCc2cc(N3CCN(Cc4ccc(F)cc4)CC3)ccc21. The molecule has 0 aromatic heterocycles. The van der Waals surface area contributed by atoms with Crippen molar-refractivity contribution in [1.29, 1.82) is 0 Å². The fraction of sp³-hybridized carbons (Fsp3) is 0.552. The van der Waals surface area contributed by atoms with E-state index in [1.54, 1.807) is 12.1 Å². The lowest BCUT2D eigenvalue weighted by atomic mass is 10.0. The van der Waals surface area contributed by atoms with Crippen LogP contribution in [0.3, 0.4) is 0 Å². The van der Waals surface area contributed by atoms with Crippen LogP contribution in [0.2, 0.25) is 0 Å². The quantitative estimate of drug-likeness (QED) is 0.654. The molecule has 0 bridgehead atoms. The second kappa shape index (κ2) is 12.5. The summed E-state index contributed by atoms with van der Waals surface area (Å²) in [6.45, 7) is 11.3. The van der Waals surface area contributed by atoms with Crippen molar-refractivity contribution in [3.8, 4) is 0 Å². The first kappa shape index (κ1) is 25.6. The molecule has 0 saturated carbocycles. The normalized spacial score (nSPS) is 18.6. The van der Waals surface area contributed by atoms with Crippen LogP contribution in [0.5, 0.6) is 0 Å². The molecule has 6 heteroatoms. The smallest absolute Gasteiger partial charge is 0.229 e. The summed E-state index contributed by atoms with van der Waals surface area (Å²) in [4.78, 5) is 20.1. The van der Waals surface area contributed by atoms with E-state index in [2.05, 4.69) is 33.3 Å². The third-order valence-corrected chi connectivity index (χ3v) is 7.22. The van der Waals surface area contributed by atoms with Gasteiger partial charge in [0.25, 0.3) is 0 Å². The average Bonchev–Trinajstić information content (AvgIpc) is 2.86. The number of carbonyl (C=O) groups is 1. The lowest BCUT2D eigenvalue weighted by molar-refractivity contribution is -0.121. The average molecular weight is 481 g/mol. The van der Waals surface area contributed by atoms with E-state index in [9.17, 15) is 9.18 Å². The maximum Gasteiger partial charge on any atom is 0.229 e. The van der Waals surface area contributed by atoms with Crippen LogP contribution < -0.4 is 15.1 Å². The van der Waals surface area contributed by atoms with Crippen molar-refractivity contribution in [2.45, 2.75) is 59.0 Å². The highest BCUT2D eigenvalue weighted by atomic mass is 19.1. The van der Waals surface area contributed by atoms with Crippen LogP contribution in [0.25, 0.3) is 0 Å². The van der Waals surface area contributed by atoms with Gasteiger partial charge in [0, 0.05) is 63.1 Å². The summed E-state index contributed by atoms with van der Waals surface area (Å²) in [5.41, 5.74) is 4.66. The summed E-state index contributed by atoms with van der Waals surface area (Å²) in [5.74, 6) is 0.0150. The van der Waals surface area contributed by atoms with Crippen molar-refractivity contribution in [3.63, 3.8) is 0 Å². The molecule has 0 spiro atoms. The van der Waals surface area contributed by atoms with Gasteiger partial charge >= 0.3 is 0 Å². The molecule has 0 radical (unpaired) electrons. The molecule has 1 amide bonds. The van der Waals surface area contributed by atoms with Crippen molar-refractivity contribution in [2.75, 3.05) is 49.1 Å². The fourth-order valence-electron chi connectivity index (χ4n) is 5.12. The number of anilines is 2. The monoisotopic (exact) mass is 480 g/mol. The van der Waals surface area contributed by atoms with E-state index < -0.39 is 0 Å². The highest BCUT2D eigenvalue weighted by Crippen LogP contribution is 2.29. The Morgan fingerprint density at radius 1 is 0.914 bits per heavy atom. The Labute approximate surface area is 210 Å². The molecule has 2 aliphatic heterocycles. The molecule has 1 N–H and O–H groups in total. The van der Waals surface area contributed by atoms with Crippen LogP contribution in [0.15, 0.2) is 42.5 Å². The van der Waals surface area contributed by atoms with Crippen LogP contribution >= 0.6 is 0 Å². The zero-order valence-corrected chi connectivity index (χ0v) is 21.4. The lowest BCUT2D eigenvalue weighted by Crippen LogP contribution is -2.46. The number of nitrogens with one attached hydrogen (secondary N) is 1. The Morgan fingerprint density at radius 3 is 2.37 bits per heavy atom. The van der Waals surface area contributed by atoms with Gasteiger partial charge in [0.05, 0.1) is 0 Å². The molecule has 1 saturated heterocycles. The Morgan fingerprint density at radius 2 is 1.63 bits per heavy atom. The second-order valence-corrected chi connectivity index (χ2v) is 10.3. The number of rotatable bonds is 4. The molecule has 190 valence electrons. The molecular weight excluding hydrogens is 439 g/mol. The van der Waals surface area contributed by atoms with Gasteiger partial charge in [0.2, 0.25) is 5.91 Å². The number of halogens is 1. The molecule has 1 fully saturated rings. The Hall–Kier alpha value is -2.44. The molecule has 0 atom stereocenters. The van der Waals surface area contributed by atoms with Crippen molar-refractivity contribution in [3.05, 3.63) is 59.4 Å². The summed E-state index contributed by atoms with van der Waals surface area (Å²) in [7, 11) is 0. The first-order chi connectivity index (χ1) is 17.0. The number of hydrogen-bond donors (Lipinski definition) is 1. The molecule has 4 rings (SSSR count). The van der Waals surface area contributed by atoms with E-state index in [4.69, 9.17) is 0 Å². The summed E-state index contributed by atoms with van der Waals surface area (Å²) < 4.78 is 13.2. The molecule has 35 heavy (non-hydrogen) atoms. The molecule has 0 unspecified atom stereocenters. The van der Waals surface area contributed by atoms with E-state index >= 15 is 0 Å². The summed E-state index contributed by atoms with van der Waals surface area (Å²) in [6.07, 6.45) is 5.94. The third-order valence-electron chi connectivity index (χ3n) is 7.22. The van der Waals surface area contributed by atoms with Gasteiger partial charge in [0.1, 0.15) is 5.82 Å². The van der Waals surface area contributed by atoms with E-state index in [0.29, 0.717) is 0 Å².